The molecule has 16 heavy (non-hydrogen) atoms. The molecule has 0 bridgehead atoms. The van der Waals surface area contributed by atoms with Crippen LogP contribution in [0.2, 0.25) is 0 Å². The summed E-state index contributed by atoms with van der Waals surface area (Å²) < 4.78 is 0.698. The maximum atomic E-state index is 12.2. The summed E-state index contributed by atoms with van der Waals surface area (Å²) in [4.78, 5) is 17.9. The number of halogens is 1. The molecule has 1 saturated carbocycles. The van der Waals surface area contributed by atoms with E-state index in [1.807, 2.05) is 0 Å². The Bertz CT molecular complexity index is 393. The van der Waals surface area contributed by atoms with Crippen molar-refractivity contribution in [3.05, 3.63) is 28.5 Å². The summed E-state index contributed by atoms with van der Waals surface area (Å²) in [6.45, 7) is 0.374. The number of aliphatic hydroxyl groups is 1. The highest BCUT2D eigenvalue weighted by atomic mass is 79.9. The minimum Gasteiger partial charge on any atom is -0.395 e. The summed E-state index contributed by atoms with van der Waals surface area (Å²) in [6, 6.07) is 3.85. The van der Waals surface area contributed by atoms with Crippen molar-refractivity contribution >= 4 is 21.8 Å². The molecule has 1 aromatic heterocycles. The van der Waals surface area contributed by atoms with Gasteiger partial charge in [-0.25, -0.2) is 4.98 Å². The lowest BCUT2D eigenvalue weighted by molar-refractivity contribution is 0.0700. The fourth-order valence-corrected chi connectivity index (χ4v) is 2.05. The number of nitrogens with zero attached hydrogens (tertiary/aromatic N) is 2. The Kier molecular flexibility index (Phi) is 3.56. The second-order valence-corrected chi connectivity index (χ2v) is 4.64. The van der Waals surface area contributed by atoms with Gasteiger partial charge in [0, 0.05) is 23.3 Å². The van der Waals surface area contributed by atoms with Crippen molar-refractivity contribution in [2.75, 3.05) is 13.2 Å². The first-order valence-electron chi connectivity index (χ1n) is 5.26. The normalized spacial score (nSPS) is 14.9. The van der Waals surface area contributed by atoms with Crippen molar-refractivity contribution in [1.82, 2.24) is 9.88 Å². The standard InChI is InChI=1S/C11H13BrN2O2/c12-9-2-1-5-13-10(9)11(16)14(6-7-15)8-3-4-8/h1-2,5,8,15H,3-4,6-7H2. The first kappa shape index (κ1) is 11.5. The van der Waals surface area contributed by atoms with Crippen molar-refractivity contribution in [2.24, 2.45) is 0 Å². The number of hydrogen-bond acceptors (Lipinski definition) is 3. The summed E-state index contributed by atoms with van der Waals surface area (Å²) in [5.41, 5.74) is 0.419. The molecule has 0 saturated heterocycles. The van der Waals surface area contributed by atoms with Gasteiger partial charge in [-0.15, -0.1) is 0 Å². The van der Waals surface area contributed by atoms with Crippen LogP contribution in [0.3, 0.4) is 0 Å². The molecule has 0 spiro atoms. The topological polar surface area (TPSA) is 53.4 Å². The van der Waals surface area contributed by atoms with E-state index in [1.54, 1.807) is 23.2 Å². The van der Waals surface area contributed by atoms with E-state index in [9.17, 15) is 4.79 Å². The Hall–Kier alpha value is -0.940. The fourth-order valence-electron chi connectivity index (χ4n) is 1.62. The lowest BCUT2D eigenvalue weighted by atomic mass is 10.3. The zero-order chi connectivity index (χ0) is 11.5. The molecule has 86 valence electrons. The van der Waals surface area contributed by atoms with Gasteiger partial charge in [-0.05, 0) is 40.9 Å². The average Bonchev–Trinajstić information content (AvgIpc) is 3.09. The smallest absolute Gasteiger partial charge is 0.273 e. The van der Waals surface area contributed by atoms with Crippen molar-refractivity contribution in [3.63, 3.8) is 0 Å². The minimum atomic E-state index is -0.107. The molecule has 4 nitrogen and oxygen atoms in total. The molecule has 0 aromatic carbocycles. The van der Waals surface area contributed by atoms with Crippen molar-refractivity contribution in [3.8, 4) is 0 Å². The molecule has 1 heterocycles. The predicted octanol–water partition coefficient (Wildman–Crippen LogP) is 1.44. The third-order valence-electron chi connectivity index (χ3n) is 2.55. The number of hydrogen-bond donors (Lipinski definition) is 1. The van der Waals surface area contributed by atoms with Crippen LogP contribution in [0.4, 0.5) is 0 Å². The summed E-state index contributed by atoms with van der Waals surface area (Å²) in [6.07, 6.45) is 3.65. The van der Waals surface area contributed by atoms with Crippen LogP contribution in [-0.2, 0) is 0 Å². The third kappa shape index (κ3) is 2.41. The van der Waals surface area contributed by atoms with Crippen LogP contribution in [-0.4, -0.2) is 40.1 Å². The van der Waals surface area contributed by atoms with E-state index in [-0.39, 0.29) is 18.6 Å². The van der Waals surface area contributed by atoms with Gasteiger partial charge >= 0.3 is 0 Å². The molecule has 1 N–H and O–H groups in total. The molecule has 1 aliphatic rings. The molecule has 5 heteroatoms. The van der Waals surface area contributed by atoms with E-state index < -0.39 is 0 Å². The highest BCUT2D eigenvalue weighted by Crippen LogP contribution is 2.28. The van der Waals surface area contributed by atoms with Gasteiger partial charge in [0.2, 0.25) is 0 Å². The molecule has 1 fully saturated rings. The second kappa shape index (κ2) is 4.93. The molecule has 0 atom stereocenters. The maximum absolute atomic E-state index is 12.2. The Balaban J connectivity index is 2.19. The SMILES string of the molecule is O=C(c1ncccc1Br)N(CCO)C1CC1. The van der Waals surface area contributed by atoms with E-state index in [0.717, 1.165) is 12.8 Å². The van der Waals surface area contributed by atoms with Gasteiger partial charge in [0.05, 0.1) is 6.61 Å². The quantitative estimate of drug-likeness (QED) is 0.910. The average molecular weight is 285 g/mol. The van der Waals surface area contributed by atoms with E-state index >= 15 is 0 Å². The predicted molar refractivity (Wildman–Crippen MR) is 63.1 cm³/mol. The van der Waals surface area contributed by atoms with Crippen LogP contribution in [0.1, 0.15) is 23.3 Å². The first-order chi connectivity index (χ1) is 7.74. The van der Waals surface area contributed by atoms with Gasteiger partial charge < -0.3 is 10.0 Å². The molecule has 2 rings (SSSR count). The largest absolute Gasteiger partial charge is 0.395 e. The zero-order valence-corrected chi connectivity index (χ0v) is 10.4. The molecular formula is C11H13BrN2O2. The van der Waals surface area contributed by atoms with Crippen LogP contribution in [0.5, 0.6) is 0 Å². The number of rotatable bonds is 4. The molecule has 1 amide bonds. The van der Waals surface area contributed by atoms with Crippen molar-refractivity contribution < 1.29 is 9.90 Å². The summed E-state index contributed by atoms with van der Waals surface area (Å²) in [5.74, 6) is -0.107. The number of aliphatic hydroxyl groups excluding tert-OH is 1. The first-order valence-corrected chi connectivity index (χ1v) is 6.05. The lowest BCUT2D eigenvalue weighted by Crippen LogP contribution is -2.36. The molecule has 0 aliphatic heterocycles. The van der Waals surface area contributed by atoms with Crippen molar-refractivity contribution in [1.29, 1.82) is 0 Å². The molecular weight excluding hydrogens is 272 g/mol. The minimum absolute atomic E-state index is 0.00725. The van der Waals surface area contributed by atoms with Gasteiger partial charge in [0.1, 0.15) is 5.69 Å². The van der Waals surface area contributed by atoms with Crippen molar-refractivity contribution in [2.45, 2.75) is 18.9 Å². The molecule has 0 radical (unpaired) electrons. The van der Waals surface area contributed by atoms with Crippen LogP contribution in [0.25, 0.3) is 0 Å². The Labute approximate surface area is 102 Å². The molecule has 1 aromatic rings. The fraction of sp³-hybridized carbons (Fsp3) is 0.455. The summed E-state index contributed by atoms with van der Waals surface area (Å²) in [5, 5.41) is 8.95. The zero-order valence-electron chi connectivity index (χ0n) is 8.77. The van der Waals surface area contributed by atoms with Crippen LogP contribution in [0.15, 0.2) is 22.8 Å². The van der Waals surface area contributed by atoms with Crippen LogP contribution >= 0.6 is 15.9 Å². The Morgan fingerprint density at radius 1 is 1.62 bits per heavy atom. The van der Waals surface area contributed by atoms with Gasteiger partial charge in [-0.2, -0.15) is 0 Å². The number of pyridine rings is 1. The molecule has 1 aliphatic carbocycles. The highest BCUT2D eigenvalue weighted by Gasteiger charge is 2.33. The number of amides is 1. The van der Waals surface area contributed by atoms with Gasteiger partial charge in [-0.1, -0.05) is 0 Å². The summed E-state index contributed by atoms with van der Waals surface area (Å²) in [7, 11) is 0. The Morgan fingerprint density at radius 2 is 2.38 bits per heavy atom. The Morgan fingerprint density at radius 3 is 2.94 bits per heavy atom. The third-order valence-corrected chi connectivity index (χ3v) is 3.19. The molecule has 0 unspecified atom stereocenters. The number of carbonyl (C=O) groups excluding carboxylic acids is 1. The van der Waals surface area contributed by atoms with Crippen LogP contribution < -0.4 is 0 Å². The monoisotopic (exact) mass is 284 g/mol. The maximum Gasteiger partial charge on any atom is 0.273 e. The van der Waals surface area contributed by atoms with E-state index in [4.69, 9.17) is 5.11 Å². The summed E-state index contributed by atoms with van der Waals surface area (Å²) >= 11 is 3.31. The number of carbonyl (C=O) groups is 1. The van der Waals surface area contributed by atoms with E-state index in [2.05, 4.69) is 20.9 Å². The number of aromatic nitrogens is 1. The van der Waals surface area contributed by atoms with E-state index in [1.165, 1.54) is 0 Å². The van der Waals surface area contributed by atoms with Gasteiger partial charge in [-0.3, -0.25) is 4.79 Å². The van der Waals surface area contributed by atoms with Gasteiger partial charge in [0.15, 0.2) is 0 Å². The second-order valence-electron chi connectivity index (χ2n) is 3.79. The van der Waals surface area contributed by atoms with Crippen LogP contribution in [0, 0.1) is 0 Å². The lowest BCUT2D eigenvalue weighted by Gasteiger charge is -2.21. The highest BCUT2D eigenvalue weighted by molar-refractivity contribution is 9.10. The van der Waals surface area contributed by atoms with E-state index in [0.29, 0.717) is 16.7 Å². The van der Waals surface area contributed by atoms with Gasteiger partial charge in [0.25, 0.3) is 5.91 Å².